The summed E-state index contributed by atoms with van der Waals surface area (Å²) < 4.78 is 6.62. The SMILES string of the molecule is CCOC(Cl)=[N+](C)C.[Cl-]. The summed E-state index contributed by atoms with van der Waals surface area (Å²) in [4.78, 5) is 0. The zero-order chi connectivity index (χ0) is 6.57. The van der Waals surface area contributed by atoms with Crippen LogP contribution in [0, 0.1) is 0 Å². The summed E-state index contributed by atoms with van der Waals surface area (Å²) in [6.07, 6.45) is 0. The summed E-state index contributed by atoms with van der Waals surface area (Å²) in [5, 5.41) is 0.438. The fourth-order valence-electron chi connectivity index (χ4n) is 0.248. The Balaban J connectivity index is 0. The van der Waals surface area contributed by atoms with Gasteiger partial charge in [0, 0.05) is 11.6 Å². The van der Waals surface area contributed by atoms with Gasteiger partial charge in [-0.15, -0.1) is 0 Å². The maximum absolute atomic E-state index is 5.54. The van der Waals surface area contributed by atoms with Crippen LogP contribution in [0.1, 0.15) is 6.92 Å². The van der Waals surface area contributed by atoms with E-state index in [1.165, 1.54) is 0 Å². The Morgan fingerprint density at radius 2 is 2.00 bits per heavy atom. The van der Waals surface area contributed by atoms with Crippen molar-refractivity contribution in [2.24, 2.45) is 0 Å². The normalized spacial score (nSPS) is 7.56. The molecular weight excluding hydrogens is 161 g/mol. The third kappa shape index (κ3) is 5.93. The highest BCUT2D eigenvalue weighted by atomic mass is 35.5. The third-order valence-electron chi connectivity index (χ3n) is 0.615. The van der Waals surface area contributed by atoms with E-state index in [9.17, 15) is 0 Å². The molecule has 0 aromatic carbocycles. The highest BCUT2D eigenvalue weighted by Gasteiger charge is 1.99. The van der Waals surface area contributed by atoms with Crippen LogP contribution in [0.15, 0.2) is 0 Å². The van der Waals surface area contributed by atoms with E-state index in [1.807, 2.05) is 21.0 Å². The molecule has 0 bridgehead atoms. The molecule has 0 saturated carbocycles. The molecule has 0 aromatic rings. The molecule has 0 N–H and O–H groups in total. The van der Waals surface area contributed by atoms with Crippen molar-refractivity contribution in [3.8, 4) is 0 Å². The van der Waals surface area contributed by atoms with E-state index in [4.69, 9.17) is 16.3 Å². The van der Waals surface area contributed by atoms with Crippen LogP contribution in [0.2, 0.25) is 0 Å². The number of hydrogen-bond donors (Lipinski definition) is 0. The second-order valence-corrected chi connectivity index (χ2v) is 1.90. The van der Waals surface area contributed by atoms with Gasteiger partial charge in [0.2, 0.25) is 0 Å². The van der Waals surface area contributed by atoms with Crippen molar-refractivity contribution in [3.63, 3.8) is 0 Å². The van der Waals surface area contributed by atoms with Gasteiger partial charge in [-0.1, -0.05) is 0 Å². The molecule has 0 spiro atoms. The van der Waals surface area contributed by atoms with Gasteiger partial charge < -0.3 is 17.1 Å². The van der Waals surface area contributed by atoms with Crippen molar-refractivity contribution >= 4 is 17.0 Å². The summed E-state index contributed by atoms with van der Waals surface area (Å²) in [6, 6.07) is 0. The van der Waals surface area contributed by atoms with E-state index in [1.54, 1.807) is 4.58 Å². The maximum Gasteiger partial charge on any atom is 0.438 e. The molecule has 0 radical (unpaired) electrons. The molecule has 9 heavy (non-hydrogen) atoms. The molecule has 0 atom stereocenters. The van der Waals surface area contributed by atoms with Gasteiger partial charge in [-0.3, -0.25) is 0 Å². The van der Waals surface area contributed by atoms with E-state index < -0.39 is 0 Å². The fourth-order valence-corrected chi connectivity index (χ4v) is 0.357. The second kappa shape index (κ2) is 6.17. The monoisotopic (exact) mass is 171 g/mol. The molecule has 0 aliphatic heterocycles. The Kier molecular flexibility index (Phi) is 8.09. The highest BCUT2D eigenvalue weighted by Crippen LogP contribution is 1.84. The number of hydrogen-bond acceptors (Lipinski definition) is 1. The van der Waals surface area contributed by atoms with E-state index in [0.717, 1.165) is 0 Å². The molecule has 0 aliphatic carbocycles. The van der Waals surface area contributed by atoms with Crippen molar-refractivity contribution in [2.45, 2.75) is 6.92 Å². The molecule has 0 saturated heterocycles. The molecular formula is C5H11Cl2NO. The van der Waals surface area contributed by atoms with Gasteiger partial charge in [0.15, 0.2) is 0 Å². The van der Waals surface area contributed by atoms with Crippen molar-refractivity contribution in [3.05, 3.63) is 0 Å². The van der Waals surface area contributed by atoms with Crippen molar-refractivity contribution in [1.82, 2.24) is 0 Å². The molecule has 0 rings (SSSR count). The lowest BCUT2D eigenvalue weighted by Crippen LogP contribution is -3.00. The van der Waals surface area contributed by atoms with Gasteiger partial charge in [0.05, 0.1) is 6.61 Å². The first-order valence-corrected chi connectivity index (χ1v) is 2.88. The van der Waals surface area contributed by atoms with Crippen molar-refractivity contribution in [2.75, 3.05) is 20.7 Å². The molecule has 0 unspecified atom stereocenters. The minimum atomic E-state index is 0. The first kappa shape index (κ1) is 11.8. The van der Waals surface area contributed by atoms with E-state index in [-0.39, 0.29) is 12.4 Å². The molecule has 56 valence electrons. The van der Waals surface area contributed by atoms with Crippen LogP contribution in [0.5, 0.6) is 0 Å². The lowest BCUT2D eigenvalue weighted by Gasteiger charge is -1.93. The van der Waals surface area contributed by atoms with Crippen LogP contribution in [-0.2, 0) is 4.74 Å². The fraction of sp³-hybridized carbons (Fsp3) is 0.800. The number of ether oxygens (including phenoxy) is 1. The Labute approximate surface area is 66.9 Å². The number of nitrogens with zero attached hydrogens (tertiary/aromatic N) is 1. The Bertz CT molecular complexity index is 99.1. The molecule has 4 heteroatoms. The zero-order valence-electron chi connectivity index (χ0n) is 5.82. The van der Waals surface area contributed by atoms with E-state index in [2.05, 4.69) is 0 Å². The molecule has 0 fully saturated rings. The van der Waals surface area contributed by atoms with Gasteiger partial charge in [0.25, 0.3) is 0 Å². The Morgan fingerprint density at radius 1 is 1.56 bits per heavy atom. The quantitative estimate of drug-likeness (QED) is 0.250. The summed E-state index contributed by atoms with van der Waals surface area (Å²) in [6.45, 7) is 2.52. The van der Waals surface area contributed by atoms with Gasteiger partial charge in [0.1, 0.15) is 14.1 Å². The lowest BCUT2D eigenvalue weighted by molar-refractivity contribution is -0.471. The zero-order valence-corrected chi connectivity index (χ0v) is 7.33. The summed E-state index contributed by atoms with van der Waals surface area (Å²) in [5.41, 5.74) is 0. The van der Waals surface area contributed by atoms with Crippen LogP contribution >= 0.6 is 11.6 Å². The second-order valence-electron chi connectivity index (χ2n) is 1.58. The molecule has 0 heterocycles. The van der Waals surface area contributed by atoms with Crippen LogP contribution in [0.4, 0.5) is 0 Å². The average molecular weight is 172 g/mol. The van der Waals surface area contributed by atoms with Gasteiger partial charge in [-0.2, -0.15) is 4.58 Å². The van der Waals surface area contributed by atoms with E-state index >= 15 is 0 Å². The topological polar surface area (TPSA) is 12.2 Å². The lowest BCUT2D eigenvalue weighted by atomic mass is 10.9. The third-order valence-corrected chi connectivity index (χ3v) is 1.06. The summed E-state index contributed by atoms with van der Waals surface area (Å²) in [5.74, 6) is 0. The first-order valence-electron chi connectivity index (χ1n) is 2.51. The summed E-state index contributed by atoms with van der Waals surface area (Å²) >= 11 is 5.54. The molecule has 0 aliphatic rings. The molecule has 0 aromatic heterocycles. The largest absolute Gasteiger partial charge is 1.00 e. The van der Waals surface area contributed by atoms with E-state index in [0.29, 0.717) is 12.0 Å². The van der Waals surface area contributed by atoms with Crippen LogP contribution in [0.25, 0.3) is 0 Å². The van der Waals surface area contributed by atoms with Crippen molar-refractivity contribution in [1.29, 1.82) is 0 Å². The predicted molar refractivity (Wildman–Crippen MR) is 34.6 cm³/mol. The van der Waals surface area contributed by atoms with Gasteiger partial charge >= 0.3 is 5.36 Å². The van der Waals surface area contributed by atoms with Crippen LogP contribution in [-0.4, -0.2) is 30.6 Å². The minimum absolute atomic E-state index is 0. The maximum atomic E-state index is 5.54. The predicted octanol–water partition coefficient (Wildman–Crippen LogP) is -2.11. The Hall–Kier alpha value is 0.0500. The van der Waals surface area contributed by atoms with Crippen LogP contribution < -0.4 is 12.4 Å². The van der Waals surface area contributed by atoms with Gasteiger partial charge in [-0.25, -0.2) is 0 Å². The minimum Gasteiger partial charge on any atom is -1.00 e. The van der Waals surface area contributed by atoms with Gasteiger partial charge in [-0.05, 0) is 6.92 Å². The first-order chi connectivity index (χ1) is 3.68. The smallest absolute Gasteiger partial charge is 0.438 e. The Morgan fingerprint density at radius 3 is 2.11 bits per heavy atom. The number of rotatable bonds is 1. The highest BCUT2D eigenvalue weighted by molar-refractivity contribution is 6.61. The van der Waals surface area contributed by atoms with Crippen LogP contribution in [0.3, 0.4) is 0 Å². The van der Waals surface area contributed by atoms with Crippen molar-refractivity contribution < 1.29 is 21.7 Å². The number of halogens is 2. The summed E-state index contributed by atoms with van der Waals surface area (Å²) in [7, 11) is 3.66. The molecule has 2 nitrogen and oxygen atoms in total. The molecule has 0 amide bonds. The standard InChI is InChI=1S/C5H11ClNO.ClH/c1-4-8-5(6)7(2)3;/h4H2,1-3H3;1H/q+1;/p-1. The average Bonchev–Trinajstić information content (AvgIpc) is 1.67.